The van der Waals surface area contributed by atoms with Crippen LogP contribution in [0.15, 0.2) is 85.1 Å². The number of methoxy groups -OCH3 is 1. The summed E-state index contributed by atoms with van der Waals surface area (Å²) in [6, 6.07) is 22.7. The lowest BCUT2D eigenvalue weighted by Gasteiger charge is -2.17. The summed E-state index contributed by atoms with van der Waals surface area (Å²) in [6.45, 7) is 0. The van der Waals surface area contributed by atoms with Crippen LogP contribution in [0.25, 0.3) is 6.08 Å². The molecule has 1 N–H and O–H groups in total. The number of benzene rings is 2. The molecule has 0 spiro atoms. The molecule has 0 aliphatic heterocycles. The van der Waals surface area contributed by atoms with E-state index in [0.717, 1.165) is 22.6 Å². The Balaban J connectivity index is 1.76. The van der Waals surface area contributed by atoms with E-state index in [1.54, 1.807) is 19.4 Å². The number of carbonyl (C=O) groups is 1. The normalized spacial score (nSPS) is 11.9. The number of rotatable bonds is 6. The van der Waals surface area contributed by atoms with Gasteiger partial charge in [0.15, 0.2) is 0 Å². The molecule has 0 saturated heterocycles. The van der Waals surface area contributed by atoms with Gasteiger partial charge in [-0.25, -0.2) is 0 Å². The number of nitrogens with one attached hydrogen (secondary N) is 1. The number of hydrogen-bond acceptors (Lipinski definition) is 3. The molecule has 0 fully saturated rings. The molecule has 0 radical (unpaired) electrons. The second-order valence-electron chi connectivity index (χ2n) is 5.71. The number of pyridine rings is 1. The Morgan fingerprint density at radius 2 is 1.73 bits per heavy atom. The van der Waals surface area contributed by atoms with Crippen LogP contribution in [0.4, 0.5) is 0 Å². The highest BCUT2D eigenvalue weighted by Gasteiger charge is 2.16. The van der Waals surface area contributed by atoms with E-state index in [-0.39, 0.29) is 11.9 Å². The summed E-state index contributed by atoms with van der Waals surface area (Å²) in [5, 5.41) is 3.03. The van der Waals surface area contributed by atoms with Gasteiger partial charge < -0.3 is 10.1 Å². The van der Waals surface area contributed by atoms with Crippen LogP contribution in [-0.2, 0) is 4.79 Å². The highest BCUT2D eigenvalue weighted by atomic mass is 16.5. The number of ether oxygens (including phenoxy) is 1. The molecule has 0 bridgehead atoms. The van der Waals surface area contributed by atoms with E-state index in [1.165, 1.54) is 6.08 Å². The van der Waals surface area contributed by atoms with Gasteiger partial charge in [-0.2, -0.15) is 0 Å². The monoisotopic (exact) mass is 344 g/mol. The zero-order valence-electron chi connectivity index (χ0n) is 14.5. The third-order valence-electron chi connectivity index (χ3n) is 3.95. The van der Waals surface area contributed by atoms with E-state index in [4.69, 9.17) is 4.74 Å². The van der Waals surface area contributed by atoms with E-state index in [0.29, 0.717) is 0 Å². The highest BCUT2D eigenvalue weighted by Crippen LogP contribution is 2.20. The topological polar surface area (TPSA) is 51.2 Å². The summed E-state index contributed by atoms with van der Waals surface area (Å²) in [5.41, 5.74) is 2.71. The van der Waals surface area contributed by atoms with Gasteiger partial charge in [-0.3, -0.25) is 9.78 Å². The van der Waals surface area contributed by atoms with Crippen LogP contribution >= 0.6 is 0 Å². The summed E-state index contributed by atoms with van der Waals surface area (Å²) in [5.74, 6) is 0.603. The smallest absolute Gasteiger partial charge is 0.244 e. The van der Waals surface area contributed by atoms with Gasteiger partial charge in [0.1, 0.15) is 5.75 Å². The molecule has 1 amide bonds. The zero-order valence-corrected chi connectivity index (χ0v) is 14.5. The molecule has 1 aromatic heterocycles. The van der Waals surface area contributed by atoms with Crippen molar-refractivity contribution in [2.24, 2.45) is 0 Å². The number of amides is 1. The average Bonchev–Trinajstić information content (AvgIpc) is 2.72. The minimum absolute atomic E-state index is 0.180. The molecular formula is C22H20N2O2. The molecular weight excluding hydrogens is 324 g/mol. The van der Waals surface area contributed by atoms with E-state index in [9.17, 15) is 4.79 Å². The Labute approximate surface area is 153 Å². The summed E-state index contributed by atoms with van der Waals surface area (Å²) in [7, 11) is 1.62. The number of nitrogens with zero attached hydrogens (tertiary/aromatic N) is 1. The van der Waals surface area contributed by atoms with Crippen LogP contribution in [0, 0.1) is 0 Å². The molecule has 4 nitrogen and oxygen atoms in total. The third kappa shape index (κ3) is 4.57. The van der Waals surface area contributed by atoms with E-state index in [2.05, 4.69) is 10.3 Å². The molecule has 1 heterocycles. The van der Waals surface area contributed by atoms with Crippen molar-refractivity contribution in [3.8, 4) is 5.75 Å². The number of hydrogen-bond donors (Lipinski definition) is 1. The maximum absolute atomic E-state index is 12.4. The summed E-state index contributed by atoms with van der Waals surface area (Å²) in [6.07, 6.45) is 5.03. The lowest BCUT2D eigenvalue weighted by atomic mass is 10.0. The first-order valence-corrected chi connectivity index (χ1v) is 8.35. The Morgan fingerprint density at radius 1 is 1.00 bits per heavy atom. The fourth-order valence-corrected chi connectivity index (χ4v) is 2.60. The van der Waals surface area contributed by atoms with Crippen LogP contribution in [-0.4, -0.2) is 18.0 Å². The van der Waals surface area contributed by atoms with Gasteiger partial charge in [0.25, 0.3) is 0 Å². The maximum atomic E-state index is 12.4. The fourth-order valence-electron chi connectivity index (χ4n) is 2.60. The fraction of sp³-hybridized carbons (Fsp3) is 0.0909. The Morgan fingerprint density at radius 3 is 2.38 bits per heavy atom. The Hall–Kier alpha value is -3.40. The molecule has 0 saturated carbocycles. The van der Waals surface area contributed by atoms with Gasteiger partial charge >= 0.3 is 0 Å². The van der Waals surface area contributed by atoms with Crippen LogP contribution in [0.2, 0.25) is 0 Å². The van der Waals surface area contributed by atoms with Crippen LogP contribution < -0.4 is 10.1 Å². The molecule has 3 aromatic rings. The molecule has 0 aliphatic carbocycles. The molecule has 1 unspecified atom stereocenters. The Bertz CT molecular complexity index is 820. The van der Waals surface area contributed by atoms with Gasteiger partial charge in [-0.15, -0.1) is 0 Å². The Kier molecular flexibility index (Phi) is 5.78. The molecule has 4 heteroatoms. The standard InChI is InChI=1S/C22H20N2O2/c1-26-19-13-10-17(11-14-19)12-15-21(25)24-22(18-7-3-2-4-8-18)20-9-5-6-16-23-20/h2-16,22H,1H3,(H,24,25)/b15-12+. The van der Waals surface area contributed by atoms with Crippen molar-refractivity contribution >= 4 is 12.0 Å². The number of carbonyl (C=O) groups excluding carboxylic acids is 1. The quantitative estimate of drug-likeness (QED) is 0.688. The van der Waals surface area contributed by atoms with Gasteiger partial charge in [0, 0.05) is 12.3 Å². The lowest BCUT2D eigenvalue weighted by Crippen LogP contribution is -2.28. The first-order chi connectivity index (χ1) is 12.8. The predicted molar refractivity (Wildman–Crippen MR) is 103 cm³/mol. The zero-order chi connectivity index (χ0) is 18.2. The summed E-state index contributed by atoms with van der Waals surface area (Å²) in [4.78, 5) is 16.8. The van der Waals surface area contributed by atoms with Crippen molar-refractivity contribution in [2.45, 2.75) is 6.04 Å². The van der Waals surface area contributed by atoms with Crippen molar-refractivity contribution in [3.63, 3.8) is 0 Å². The van der Waals surface area contributed by atoms with Gasteiger partial charge in [0.2, 0.25) is 5.91 Å². The van der Waals surface area contributed by atoms with Gasteiger partial charge in [-0.05, 0) is 41.5 Å². The first kappa shape index (κ1) is 17.4. The van der Waals surface area contributed by atoms with E-state index >= 15 is 0 Å². The first-order valence-electron chi connectivity index (χ1n) is 8.35. The molecule has 2 aromatic carbocycles. The largest absolute Gasteiger partial charge is 0.497 e. The van der Waals surface area contributed by atoms with Gasteiger partial charge in [-0.1, -0.05) is 48.5 Å². The van der Waals surface area contributed by atoms with Crippen molar-refractivity contribution in [2.75, 3.05) is 7.11 Å². The molecule has 1 atom stereocenters. The number of aromatic nitrogens is 1. The second kappa shape index (κ2) is 8.62. The molecule has 3 rings (SSSR count). The third-order valence-corrected chi connectivity index (χ3v) is 3.95. The highest BCUT2D eigenvalue weighted by molar-refractivity contribution is 5.92. The van der Waals surface area contributed by atoms with Crippen molar-refractivity contribution < 1.29 is 9.53 Å². The summed E-state index contributed by atoms with van der Waals surface area (Å²) < 4.78 is 5.14. The van der Waals surface area contributed by atoms with Crippen molar-refractivity contribution in [3.05, 3.63) is 102 Å². The van der Waals surface area contributed by atoms with E-state index < -0.39 is 0 Å². The van der Waals surface area contributed by atoms with Crippen molar-refractivity contribution in [1.82, 2.24) is 10.3 Å². The lowest BCUT2D eigenvalue weighted by molar-refractivity contribution is -0.116. The van der Waals surface area contributed by atoms with Gasteiger partial charge in [0.05, 0.1) is 18.8 Å². The minimum Gasteiger partial charge on any atom is -0.497 e. The summed E-state index contributed by atoms with van der Waals surface area (Å²) >= 11 is 0. The molecule has 0 aliphatic rings. The molecule has 26 heavy (non-hydrogen) atoms. The van der Waals surface area contributed by atoms with Crippen LogP contribution in [0.1, 0.15) is 22.9 Å². The second-order valence-corrected chi connectivity index (χ2v) is 5.71. The SMILES string of the molecule is COc1ccc(/C=C/C(=O)NC(c2ccccc2)c2ccccn2)cc1. The maximum Gasteiger partial charge on any atom is 0.244 e. The predicted octanol–water partition coefficient (Wildman–Crippen LogP) is 4.01. The average molecular weight is 344 g/mol. The minimum atomic E-state index is -0.301. The van der Waals surface area contributed by atoms with Crippen LogP contribution in [0.5, 0.6) is 5.75 Å². The van der Waals surface area contributed by atoms with Crippen molar-refractivity contribution in [1.29, 1.82) is 0 Å². The molecule has 130 valence electrons. The van der Waals surface area contributed by atoms with E-state index in [1.807, 2.05) is 72.8 Å². The van der Waals surface area contributed by atoms with Crippen LogP contribution in [0.3, 0.4) is 0 Å².